The molecule has 1 unspecified atom stereocenters. The van der Waals surface area contributed by atoms with Crippen LogP contribution >= 0.6 is 0 Å². The second-order valence-electron chi connectivity index (χ2n) is 5.59. The van der Waals surface area contributed by atoms with Crippen molar-refractivity contribution in [2.75, 3.05) is 11.9 Å². The second kappa shape index (κ2) is 7.22. The third-order valence-corrected chi connectivity index (χ3v) is 3.73. The summed E-state index contributed by atoms with van der Waals surface area (Å²) in [6.07, 6.45) is 3.46. The highest BCUT2D eigenvalue weighted by atomic mass is 16.2. The highest BCUT2D eigenvalue weighted by Crippen LogP contribution is 2.19. The van der Waals surface area contributed by atoms with E-state index in [4.69, 9.17) is 5.73 Å². The van der Waals surface area contributed by atoms with Crippen molar-refractivity contribution in [3.8, 4) is 0 Å². The van der Waals surface area contributed by atoms with E-state index in [9.17, 15) is 9.59 Å². The molecule has 5 nitrogen and oxygen atoms in total. The summed E-state index contributed by atoms with van der Waals surface area (Å²) >= 11 is 0. The molecule has 1 fully saturated rings. The lowest BCUT2D eigenvalue weighted by Gasteiger charge is -2.12. The van der Waals surface area contributed by atoms with Crippen molar-refractivity contribution in [2.24, 2.45) is 11.7 Å². The van der Waals surface area contributed by atoms with Crippen LogP contribution in [-0.2, 0) is 4.79 Å². The minimum atomic E-state index is -0.0513. The van der Waals surface area contributed by atoms with Gasteiger partial charge >= 0.3 is 0 Å². The van der Waals surface area contributed by atoms with Crippen LogP contribution in [0.3, 0.4) is 0 Å². The molecule has 0 bridgehead atoms. The summed E-state index contributed by atoms with van der Waals surface area (Å²) < 4.78 is 0. The molecular weight excluding hydrogens is 266 g/mol. The van der Waals surface area contributed by atoms with Gasteiger partial charge in [0.1, 0.15) is 0 Å². The Kier molecular flexibility index (Phi) is 5.33. The number of rotatable bonds is 7. The van der Waals surface area contributed by atoms with E-state index in [1.807, 2.05) is 6.92 Å². The molecule has 1 aromatic rings. The number of carbonyl (C=O) groups excluding carboxylic acids is 2. The number of nitrogens with two attached hydrogens (primary N) is 1. The van der Waals surface area contributed by atoms with E-state index in [1.54, 1.807) is 24.3 Å². The molecule has 114 valence electrons. The van der Waals surface area contributed by atoms with Gasteiger partial charge in [0, 0.05) is 23.7 Å². The number of benzene rings is 1. The minimum absolute atomic E-state index is 0.0394. The van der Waals surface area contributed by atoms with Crippen molar-refractivity contribution < 1.29 is 9.59 Å². The van der Waals surface area contributed by atoms with Crippen LogP contribution in [0.4, 0.5) is 5.69 Å². The summed E-state index contributed by atoms with van der Waals surface area (Å²) in [6.45, 7) is 2.54. The SMILES string of the molecule is CCC(CN)CC(=O)Nc1ccc(C(=O)NC2CC2)cc1. The molecule has 1 aromatic carbocycles. The van der Waals surface area contributed by atoms with E-state index in [0.717, 1.165) is 19.3 Å². The predicted molar refractivity (Wildman–Crippen MR) is 83.0 cm³/mol. The molecule has 2 amide bonds. The van der Waals surface area contributed by atoms with Crippen LogP contribution in [0, 0.1) is 5.92 Å². The van der Waals surface area contributed by atoms with E-state index in [1.165, 1.54) is 0 Å². The lowest BCUT2D eigenvalue weighted by Crippen LogP contribution is -2.25. The van der Waals surface area contributed by atoms with Gasteiger partial charge in [0.15, 0.2) is 0 Å². The minimum Gasteiger partial charge on any atom is -0.349 e. The Hall–Kier alpha value is -1.88. The number of amides is 2. The molecule has 0 saturated heterocycles. The Morgan fingerprint density at radius 1 is 1.29 bits per heavy atom. The first-order chi connectivity index (χ1) is 10.1. The average molecular weight is 289 g/mol. The highest BCUT2D eigenvalue weighted by Gasteiger charge is 2.23. The van der Waals surface area contributed by atoms with Crippen LogP contribution in [0.25, 0.3) is 0 Å². The lowest BCUT2D eigenvalue weighted by molar-refractivity contribution is -0.117. The molecule has 1 aliphatic rings. The first-order valence-electron chi connectivity index (χ1n) is 7.53. The number of carbonyl (C=O) groups is 2. The maximum absolute atomic E-state index is 11.9. The third kappa shape index (κ3) is 4.86. The van der Waals surface area contributed by atoms with Gasteiger partial charge in [-0.2, -0.15) is 0 Å². The normalized spacial score (nSPS) is 15.3. The van der Waals surface area contributed by atoms with Crippen molar-refractivity contribution in [3.05, 3.63) is 29.8 Å². The molecule has 0 heterocycles. The molecule has 21 heavy (non-hydrogen) atoms. The Balaban J connectivity index is 1.86. The molecule has 1 atom stereocenters. The second-order valence-corrected chi connectivity index (χ2v) is 5.59. The first kappa shape index (κ1) is 15.5. The zero-order valence-electron chi connectivity index (χ0n) is 12.4. The smallest absolute Gasteiger partial charge is 0.251 e. The molecular formula is C16H23N3O2. The maximum atomic E-state index is 11.9. The van der Waals surface area contributed by atoms with Crippen molar-refractivity contribution in [1.82, 2.24) is 5.32 Å². The van der Waals surface area contributed by atoms with E-state index < -0.39 is 0 Å². The van der Waals surface area contributed by atoms with E-state index >= 15 is 0 Å². The molecule has 1 aliphatic carbocycles. The molecule has 0 spiro atoms. The molecule has 0 radical (unpaired) electrons. The molecule has 0 aliphatic heterocycles. The van der Waals surface area contributed by atoms with Crippen molar-refractivity contribution in [1.29, 1.82) is 0 Å². The topological polar surface area (TPSA) is 84.2 Å². The van der Waals surface area contributed by atoms with Gasteiger partial charge in [0.05, 0.1) is 0 Å². The number of anilines is 1. The molecule has 5 heteroatoms. The maximum Gasteiger partial charge on any atom is 0.251 e. The molecule has 4 N–H and O–H groups in total. The predicted octanol–water partition coefficient (Wildman–Crippen LogP) is 1.89. The standard InChI is InChI=1S/C16H23N3O2/c1-2-11(10-17)9-15(20)18-13-5-3-12(4-6-13)16(21)19-14-7-8-14/h3-6,11,14H,2,7-10,17H2,1H3,(H,18,20)(H,19,21). The van der Waals surface area contributed by atoms with E-state index in [2.05, 4.69) is 10.6 Å². The van der Waals surface area contributed by atoms with E-state index in [0.29, 0.717) is 30.3 Å². The fourth-order valence-electron chi connectivity index (χ4n) is 2.07. The van der Waals surface area contributed by atoms with Crippen molar-refractivity contribution >= 4 is 17.5 Å². The van der Waals surface area contributed by atoms with Gasteiger partial charge in [-0.1, -0.05) is 13.3 Å². The summed E-state index contributed by atoms with van der Waals surface area (Å²) in [6, 6.07) is 7.31. The summed E-state index contributed by atoms with van der Waals surface area (Å²) in [7, 11) is 0. The van der Waals surface area contributed by atoms with Crippen LogP contribution in [0.2, 0.25) is 0 Å². The van der Waals surface area contributed by atoms with Gasteiger partial charge in [-0.25, -0.2) is 0 Å². The van der Waals surface area contributed by atoms with Gasteiger partial charge in [-0.05, 0) is 49.6 Å². The number of nitrogens with one attached hydrogen (secondary N) is 2. The number of hydrogen-bond donors (Lipinski definition) is 3. The van der Waals surface area contributed by atoms with Crippen LogP contribution in [0.15, 0.2) is 24.3 Å². The molecule has 1 saturated carbocycles. The van der Waals surface area contributed by atoms with Crippen molar-refractivity contribution in [3.63, 3.8) is 0 Å². The summed E-state index contributed by atoms with van der Waals surface area (Å²) in [5.74, 6) is 0.126. The third-order valence-electron chi connectivity index (χ3n) is 3.73. The zero-order valence-corrected chi connectivity index (χ0v) is 12.4. The lowest BCUT2D eigenvalue weighted by atomic mass is 10.0. The average Bonchev–Trinajstić information content (AvgIpc) is 3.29. The number of hydrogen-bond acceptors (Lipinski definition) is 3. The fraction of sp³-hybridized carbons (Fsp3) is 0.500. The zero-order chi connectivity index (χ0) is 15.2. The summed E-state index contributed by atoms with van der Waals surface area (Å²) in [5, 5.41) is 5.77. The summed E-state index contributed by atoms with van der Waals surface area (Å²) in [4.78, 5) is 23.7. The summed E-state index contributed by atoms with van der Waals surface area (Å²) in [5.41, 5.74) is 6.92. The fourth-order valence-corrected chi connectivity index (χ4v) is 2.07. The quantitative estimate of drug-likeness (QED) is 0.716. The first-order valence-corrected chi connectivity index (χ1v) is 7.53. The monoisotopic (exact) mass is 289 g/mol. The van der Waals surface area contributed by atoms with Crippen LogP contribution < -0.4 is 16.4 Å². The Bertz CT molecular complexity index is 491. The van der Waals surface area contributed by atoms with Crippen LogP contribution in [0.1, 0.15) is 43.0 Å². The van der Waals surface area contributed by atoms with Gasteiger partial charge in [0.2, 0.25) is 5.91 Å². The van der Waals surface area contributed by atoms with Gasteiger partial charge in [-0.15, -0.1) is 0 Å². The molecule has 2 rings (SSSR count). The highest BCUT2D eigenvalue weighted by molar-refractivity contribution is 5.96. The van der Waals surface area contributed by atoms with Crippen LogP contribution in [-0.4, -0.2) is 24.4 Å². The van der Waals surface area contributed by atoms with Gasteiger partial charge in [0.25, 0.3) is 5.91 Å². The largest absolute Gasteiger partial charge is 0.349 e. The molecule has 0 aromatic heterocycles. The van der Waals surface area contributed by atoms with Crippen LogP contribution in [0.5, 0.6) is 0 Å². The van der Waals surface area contributed by atoms with Gasteiger partial charge < -0.3 is 16.4 Å². The Morgan fingerprint density at radius 2 is 1.95 bits per heavy atom. The van der Waals surface area contributed by atoms with E-state index in [-0.39, 0.29) is 17.7 Å². The van der Waals surface area contributed by atoms with Crippen molar-refractivity contribution in [2.45, 2.75) is 38.6 Å². The Morgan fingerprint density at radius 3 is 2.48 bits per heavy atom. The van der Waals surface area contributed by atoms with Gasteiger partial charge in [-0.3, -0.25) is 9.59 Å². The Labute approximate surface area is 125 Å².